The molecule has 1 aromatic carbocycles. The molecule has 0 aliphatic heterocycles. The zero-order valence-electron chi connectivity index (χ0n) is 13.7. The van der Waals surface area contributed by atoms with Crippen LogP contribution in [0.15, 0.2) is 46.2 Å². The van der Waals surface area contributed by atoms with Gasteiger partial charge in [0.2, 0.25) is 10.7 Å². The van der Waals surface area contributed by atoms with E-state index in [1.165, 1.54) is 22.7 Å². The second kappa shape index (κ2) is 8.09. The number of para-hydroxylation sites is 1. The Morgan fingerprint density at radius 1 is 1.24 bits per heavy atom. The topological polar surface area (TPSA) is 75.5 Å². The lowest BCUT2D eigenvalue weighted by Gasteiger charge is -2.03. The minimum atomic E-state index is -0.165. The second-order valence-corrected chi connectivity index (χ2v) is 7.22. The normalized spacial score (nSPS) is 11.6. The molecule has 0 spiro atoms. The van der Waals surface area contributed by atoms with Crippen molar-refractivity contribution >= 4 is 44.7 Å². The van der Waals surface area contributed by atoms with E-state index in [1.807, 2.05) is 41.3 Å². The zero-order valence-corrected chi connectivity index (χ0v) is 15.3. The largest absolute Gasteiger partial charge is 0.352 e. The third-order valence-electron chi connectivity index (χ3n) is 3.64. The summed E-state index contributed by atoms with van der Waals surface area (Å²) in [7, 11) is 1.92. The number of nitrogens with one attached hydrogen (secondary N) is 2. The number of aryl methyl sites for hydroxylation is 1. The van der Waals surface area contributed by atoms with Gasteiger partial charge in [-0.05, 0) is 30.0 Å². The Labute approximate surface area is 152 Å². The molecular weight excluding hydrogens is 356 g/mol. The van der Waals surface area contributed by atoms with Crippen molar-refractivity contribution in [2.75, 3.05) is 6.54 Å². The average Bonchev–Trinajstić information content (AvgIpc) is 3.26. The van der Waals surface area contributed by atoms with E-state index in [9.17, 15) is 9.59 Å². The molecular formula is C17H18N4O2S2. The molecule has 0 saturated carbocycles. The van der Waals surface area contributed by atoms with Crippen molar-refractivity contribution in [3.05, 3.63) is 51.5 Å². The minimum absolute atomic E-state index is 0.108. The van der Waals surface area contributed by atoms with E-state index in [0.717, 1.165) is 15.0 Å². The standard InChI is InChI=1S/C17H18N4O2S2/c1-21-13-5-2-3-6-14(13)25-17(21)20-19-15(22)7-4-9-18-16(23)12-8-10-24-11-12/h2-3,5-6,8,10-11H,4,7,9H2,1H3,(H,18,23)(H,19,22)/b20-17-. The predicted octanol–water partition coefficient (Wildman–Crippen LogP) is 2.44. The van der Waals surface area contributed by atoms with E-state index in [4.69, 9.17) is 0 Å². The van der Waals surface area contributed by atoms with Crippen LogP contribution in [0.4, 0.5) is 0 Å². The number of amides is 2. The molecule has 0 aliphatic carbocycles. The molecule has 3 aromatic rings. The summed E-state index contributed by atoms with van der Waals surface area (Å²) in [4.78, 5) is 24.4. The Balaban J connectivity index is 1.47. The summed E-state index contributed by atoms with van der Waals surface area (Å²) in [6.07, 6.45) is 0.873. The fourth-order valence-electron chi connectivity index (χ4n) is 2.30. The molecule has 0 fully saturated rings. The van der Waals surface area contributed by atoms with Gasteiger partial charge in [0.25, 0.3) is 5.91 Å². The molecule has 2 heterocycles. The van der Waals surface area contributed by atoms with Gasteiger partial charge < -0.3 is 9.88 Å². The number of carbonyl (C=O) groups excluding carboxylic acids is 2. The number of rotatable bonds is 6. The third kappa shape index (κ3) is 4.34. The van der Waals surface area contributed by atoms with Gasteiger partial charge in [0.1, 0.15) is 0 Å². The van der Waals surface area contributed by atoms with Crippen LogP contribution in [0.1, 0.15) is 23.2 Å². The lowest BCUT2D eigenvalue weighted by Crippen LogP contribution is -2.26. The summed E-state index contributed by atoms with van der Waals surface area (Å²) in [5, 5.41) is 10.6. The molecule has 0 bridgehead atoms. The van der Waals surface area contributed by atoms with E-state index in [0.29, 0.717) is 24.9 Å². The maximum atomic E-state index is 11.9. The summed E-state index contributed by atoms with van der Waals surface area (Å²) in [6.45, 7) is 0.457. The number of hydrogen-bond acceptors (Lipinski definition) is 5. The highest BCUT2D eigenvalue weighted by atomic mass is 32.1. The Kier molecular flexibility index (Phi) is 5.62. The van der Waals surface area contributed by atoms with Crippen molar-refractivity contribution in [3.63, 3.8) is 0 Å². The first-order valence-electron chi connectivity index (χ1n) is 7.82. The summed E-state index contributed by atoms with van der Waals surface area (Å²) in [6, 6.07) is 9.77. The van der Waals surface area contributed by atoms with Crippen molar-refractivity contribution in [1.82, 2.24) is 15.3 Å². The van der Waals surface area contributed by atoms with E-state index < -0.39 is 0 Å². The Morgan fingerprint density at radius 3 is 2.84 bits per heavy atom. The number of hydrogen-bond donors (Lipinski definition) is 2. The van der Waals surface area contributed by atoms with Crippen LogP contribution in [0.2, 0.25) is 0 Å². The van der Waals surface area contributed by atoms with Gasteiger partial charge in [0.05, 0.1) is 10.2 Å². The maximum absolute atomic E-state index is 11.9. The molecule has 2 aromatic heterocycles. The quantitative estimate of drug-likeness (QED) is 0.514. The number of nitrogens with zero attached hydrogens (tertiary/aromatic N) is 2. The van der Waals surface area contributed by atoms with Gasteiger partial charge in [-0.3, -0.25) is 9.59 Å². The van der Waals surface area contributed by atoms with Crippen LogP contribution >= 0.6 is 22.7 Å². The van der Waals surface area contributed by atoms with Crippen LogP contribution in [0.3, 0.4) is 0 Å². The molecule has 0 atom stereocenters. The third-order valence-corrected chi connectivity index (χ3v) is 5.44. The Bertz CT molecular complexity index is 941. The highest BCUT2D eigenvalue weighted by Crippen LogP contribution is 2.14. The van der Waals surface area contributed by atoms with Gasteiger partial charge >= 0.3 is 0 Å². The highest BCUT2D eigenvalue weighted by Gasteiger charge is 2.06. The number of benzene rings is 1. The van der Waals surface area contributed by atoms with Gasteiger partial charge in [-0.15, -0.1) is 5.10 Å². The van der Waals surface area contributed by atoms with Crippen molar-refractivity contribution < 1.29 is 9.59 Å². The number of thiazole rings is 1. The predicted molar refractivity (Wildman–Crippen MR) is 100 cm³/mol. The van der Waals surface area contributed by atoms with Crippen LogP contribution in [0, 0.1) is 0 Å². The molecule has 6 nitrogen and oxygen atoms in total. The summed E-state index contributed by atoms with van der Waals surface area (Å²) >= 11 is 3.00. The first kappa shape index (κ1) is 17.4. The fraction of sp³-hybridized carbons (Fsp3) is 0.235. The summed E-state index contributed by atoms with van der Waals surface area (Å²) in [5.74, 6) is -0.272. The van der Waals surface area contributed by atoms with Crippen LogP contribution < -0.4 is 15.5 Å². The number of carbonyl (C=O) groups is 2. The SMILES string of the molecule is Cn1/c(=N/NC(=O)CCCNC(=O)c2ccsc2)sc2ccccc21. The lowest BCUT2D eigenvalue weighted by molar-refractivity contribution is -0.121. The van der Waals surface area contributed by atoms with Crippen LogP contribution in [0.5, 0.6) is 0 Å². The Hall–Kier alpha value is -2.45. The fourth-order valence-corrected chi connectivity index (χ4v) is 3.92. The van der Waals surface area contributed by atoms with Gasteiger partial charge in [0, 0.05) is 31.0 Å². The molecule has 0 saturated heterocycles. The van der Waals surface area contributed by atoms with E-state index >= 15 is 0 Å². The molecule has 3 rings (SSSR count). The van der Waals surface area contributed by atoms with Crippen molar-refractivity contribution in [1.29, 1.82) is 0 Å². The maximum Gasteiger partial charge on any atom is 0.252 e. The van der Waals surface area contributed by atoms with E-state index in [1.54, 1.807) is 11.4 Å². The van der Waals surface area contributed by atoms with Crippen molar-refractivity contribution in [2.45, 2.75) is 12.8 Å². The highest BCUT2D eigenvalue weighted by molar-refractivity contribution is 7.16. The van der Waals surface area contributed by atoms with Gasteiger partial charge in [-0.1, -0.05) is 23.5 Å². The summed E-state index contributed by atoms with van der Waals surface area (Å²) in [5.41, 5.74) is 4.32. The summed E-state index contributed by atoms with van der Waals surface area (Å²) < 4.78 is 3.07. The monoisotopic (exact) mass is 374 g/mol. The van der Waals surface area contributed by atoms with E-state index in [-0.39, 0.29) is 11.8 Å². The average molecular weight is 374 g/mol. The van der Waals surface area contributed by atoms with Crippen molar-refractivity contribution in [2.24, 2.45) is 12.1 Å². The smallest absolute Gasteiger partial charge is 0.252 e. The van der Waals surface area contributed by atoms with Crippen molar-refractivity contribution in [3.8, 4) is 0 Å². The van der Waals surface area contributed by atoms with Crippen LogP contribution in [-0.4, -0.2) is 22.9 Å². The van der Waals surface area contributed by atoms with Gasteiger partial charge in [0.15, 0.2) is 0 Å². The van der Waals surface area contributed by atoms with Crippen LogP contribution in [-0.2, 0) is 11.8 Å². The Morgan fingerprint density at radius 2 is 2.08 bits per heavy atom. The number of fused-ring (bicyclic) bond motifs is 1. The number of thiophene rings is 1. The molecule has 0 unspecified atom stereocenters. The molecule has 0 radical (unpaired) electrons. The molecule has 130 valence electrons. The van der Waals surface area contributed by atoms with Crippen LogP contribution in [0.25, 0.3) is 10.2 Å². The van der Waals surface area contributed by atoms with E-state index in [2.05, 4.69) is 15.8 Å². The van der Waals surface area contributed by atoms with Gasteiger partial charge in [-0.25, -0.2) is 5.43 Å². The van der Waals surface area contributed by atoms with Gasteiger partial charge in [-0.2, -0.15) is 11.3 Å². The molecule has 2 amide bonds. The molecule has 25 heavy (non-hydrogen) atoms. The molecule has 8 heteroatoms. The zero-order chi connectivity index (χ0) is 17.6. The number of aromatic nitrogens is 1. The first-order chi connectivity index (χ1) is 12.1. The molecule has 2 N–H and O–H groups in total. The first-order valence-corrected chi connectivity index (χ1v) is 9.58. The lowest BCUT2D eigenvalue weighted by atomic mass is 10.3. The molecule has 0 aliphatic rings. The second-order valence-electron chi connectivity index (χ2n) is 5.43. The minimum Gasteiger partial charge on any atom is -0.352 e.